The maximum absolute atomic E-state index is 6.20. The molecule has 0 radical (unpaired) electrons. The third-order valence-corrected chi connectivity index (χ3v) is 7.79. The van der Waals surface area contributed by atoms with Crippen molar-refractivity contribution < 1.29 is 4.74 Å². The Morgan fingerprint density at radius 1 is 0.750 bits per heavy atom. The van der Waals surface area contributed by atoms with E-state index in [4.69, 9.17) is 4.74 Å². The summed E-state index contributed by atoms with van der Waals surface area (Å²) in [5.41, 5.74) is 2.31. The van der Waals surface area contributed by atoms with E-state index in [1.165, 1.54) is 54.0 Å². The summed E-state index contributed by atoms with van der Waals surface area (Å²) in [6, 6.07) is 19.7. The van der Waals surface area contributed by atoms with Gasteiger partial charge in [-0.25, -0.2) is 0 Å². The summed E-state index contributed by atoms with van der Waals surface area (Å²) >= 11 is 0. The number of rotatable bonds is 9. The molecule has 6 aromatic rings. The smallest absolute Gasteiger partial charge is 0.128 e. The lowest BCUT2D eigenvalue weighted by molar-refractivity contribution is 0.442. The first-order valence-corrected chi connectivity index (χ1v) is 13.8. The Morgan fingerprint density at radius 3 is 2.27 bits per heavy atom. The molecule has 0 spiro atoms. The van der Waals surface area contributed by atoms with E-state index in [1.54, 1.807) is 12.2 Å². The van der Waals surface area contributed by atoms with Gasteiger partial charge in [0.25, 0.3) is 0 Å². The summed E-state index contributed by atoms with van der Waals surface area (Å²) in [6.45, 7) is 18.7. The molecule has 0 atom stereocenters. The highest BCUT2D eigenvalue weighted by atomic mass is 16.5. The van der Waals surface area contributed by atoms with E-state index in [-0.39, 0.29) is 0 Å². The number of hydrogen-bond donors (Lipinski definition) is 0. The lowest BCUT2D eigenvalue weighted by Gasteiger charge is -2.08. The number of fused-ring (bicyclic) bond motifs is 7. The minimum absolute atomic E-state index is 0.782. The first-order chi connectivity index (χ1) is 19.6. The Labute approximate surface area is 235 Å². The molecular formula is C39H32O. The zero-order valence-corrected chi connectivity index (χ0v) is 23.0. The van der Waals surface area contributed by atoms with Gasteiger partial charge in [-0.3, -0.25) is 0 Å². The van der Waals surface area contributed by atoms with Crippen molar-refractivity contribution in [1.82, 2.24) is 0 Å². The van der Waals surface area contributed by atoms with Gasteiger partial charge in [0.2, 0.25) is 0 Å². The minimum Gasteiger partial charge on any atom is -0.458 e. The molecular weight excluding hydrogens is 484 g/mol. The Morgan fingerprint density at radius 2 is 1.50 bits per heavy atom. The second-order valence-corrected chi connectivity index (χ2v) is 10.1. The zero-order valence-electron chi connectivity index (χ0n) is 23.0. The van der Waals surface area contributed by atoms with Gasteiger partial charge in [0, 0.05) is 0 Å². The van der Waals surface area contributed by atoms with Crippen molar-refractivity contribution in [2.75, 3.05) is 0 Å². The molecule has 0 fully saturated rings. The van der Waals surface area contributed by atoms with Crippen LogP contribution < -0.4 is 9.96 Å². The highest BCUT2D eigenvalue weighted by Gasteiger charge is 2.21. The highest BCUT2D eigenvalue weighted by Crippen LogP contribution is 2.46. The molecule has 40 heavy (non-hydrogen) atoms. The Kier molecular flexibility index (Phi) is 6.58. The van der Waals surface area contributed by atoms with Gasteiger partial charge in [-0.05, 0) is 107 Å². The number of unbranched alkanes of at least 4 members (excludes halogenated alkanes) is 1. The molecule has 0 aromatic heterocycles. The molecule has 0 saturated carbocycles. The zero-order chi connectivity index (χ0) is 27.8. The van der Waals surface area contributed by atoms with Crippen LogP contribution in [-0.4, -0.2) is 0 Å². The quantitative estimate of drug-likeness (QED) is 0.137. The van der Waals surface area contributed by atoms with Crippen molar-refractivity contribution in [3.05, 3.63) is 133 Å². The molecule has 1 heteroatoms. The first kappa shape index (κ1) is 25.4. The molecule has 0 saturated heterocycles. The Bertz CT molecular complexity index is 2100. The van der Waals surface area contributed by atoms with Gasteiger partial charge >= 0.3 is 0 Å². The van der Waals surface area contributed by atoms with Crippen LogP contribution in [0.1, 0.15) is 30.9 Å². The predicted octanol–water partition coefficient (Wildman–Crippen LogP) is 10.7. The standard InChI is InChI=1S/C39H32O/c1-6-10-12-13-15-26-19-21-32-35(23-26)30-17-14-18-33-38-31-22-20-28(40-27(8-3)16-11-7-2)24-34(31)25(5)36(38)29(9-4)37(32)39(30)33/h6,8-10,12-24H,1,3-5,7,11H2,2H3/b12-10-,15-13-,27-16+. The minimum atomic E-state index is 0.782. The van der Waals surface area contributed by atoms with Gasteiger partial charge < -0.3 is 4.74 Å². The van der Waals surface area contributed by atoms with Crippen LogP contribution in [0, 0.1) is 0 Å². The van der Waals surface area contributed by atoms with Gasteiger partial charge in [0.15, 0.2) is 0 Å². The third kappa shape index (κ3) is 3.94. The van der Waals surface area contributed by atoms with Gasteiger partial charge in [-0.1, -0.05) is 113 Å². The molecule has 1 nitrogen and oxygen atoms in total. The monoisotopic (exact) mass is 516 g/mol. The largest absolute Gasteiger partial charge is 0.458 e. The summed E-state index contributed by atoms with van der Waals surface area (Å²) in [6.07, 6.45) is 17.8. The number of benzene rings is 4. The van der Waals surface area contributed by atoms with Crippen LogP contribution in [0.5, 0.6) is 5.75 Å². The van der Waals surface area contributed by atoms with Crippen LogP contribution in [0.25, 0.3) is 72.6 Å². The number of ether oxygens (including phenoxy) is 1. The fourth-order valence-corrected chi connectivity index (χ4v) is 6.05. The number of allylic oxidation sites excluding steroid dienone is 6. The van der Waals surface area contributed by atoms with Crippen LogP contribution in [-0.2, 0) is 0 Å². The lowest BCUT2D eigenvalue weighted by Crippen LogP contribution is -1.97. The van der Waals surface area contributed by atoms with Crippen molar-refractivity contribution in [2.24, 2.45) is 0 Å². The highest BCUT2D eigenvalue weighted by molar-refractivity contribution is 6.40. The third-order valence-electron chi connectivity index (χ3n) is 7.79. The average molecular weight is 517 g/mol. The van der Waals surface area contributed by atoms with Crippen molar-refractivity contribution in [2.45, 2.75) is 19.8 Å². The van der Waals surface area contributed by atoms with E-state index in [0.29, 0.717) is 0 Å². The van der Waals surface area contributed by atoms with Crippen LogP contribution in [0.3, 0.4) is 0 Å². The normalized spacial score (nSPS) is 12.7. The van der Waals surface area contributed by atoms with Crippen molar-refractivity contribution in [3.8, 4) is 5.75 Å². The van der Waals surface area contributed by atoms with Gasteiger partial charge in [-0.15, -0.1) is 0 Å². The molecule has 0 amide bonds. The van der Waals surface area contributed by atoms with E-state index >= 15 is 0 Å². The number of hydrogen-bond acceptors (Lipinski definition) is 1. The van der Waals surface area contributed by atoms with Crippen molar-refractivity contribution >= 4 is 72.6 Å². The van der Waals surface area contributed by atoms with E-state index in [9.17, 15) is 0 Å². The second kappa shape index (κ2) is 10.4. The lowest BCUT2D eigenvalue weighted by atomic mass is 9.95. The van der Waals surface area contributed by atoms with E-state index < -0.39 is 0 Å². The summed E-state index contributed by atoms with van der Waals surface area (Å²) < 4.78 is 6.20. The fourth-order valence-electron chi connectivity index (χ4n) is 6.05. The molecule has 0 bridgehead atoms. The van der Waals surface area contributed by atoms with Crippen LogP contribution in [0.15, 0.2) is 117 Å². The topological polar surface area (TPSA) is 9.23 Å². The molecule has 6 aromatic carbocycles. The average Bonchev–Trinajstić information content (AvgIpc) is 3.47. The van der Waals surface area contributed by atoms with Crippen molar-refractivity contribution in [3.63, 3.8) is 0 Å². The summed E-state index contributed by atoms with van der Waals surface area (Å²) in [5.74, 6) is 1.57. The van der Waals surface area contributed by atoms with E-state index in [1.807, 2.05) is 24.3 Å². The molecule has 6 rings (SSSR count). The summed E-state index contributed by atoms with van der Waals surface area (Å²) in [7, 11) is 0. The first-order valence-electron chi connectivity index (χ1n) is 13.8. The molecule has 0 heterocycles. The van der Waals surface area contributed by atoms with Crippen molar-refractivity contribution in [1.29, 1.82) is 0 Å². The van der Waals surface area contributed by atoms with Gasteiger partial charge in [0.05, 0.1) is 0 Å². The van der Waals surface area contributed by atoms with E-state index in [2.05, 4.69) is 100.0 Å². The van der Waals surface area contributed by atoms with Crippen LogP contribution in [0.2, 0.25) is 0 Å². The Hall–Kier alpha value is -4.88. The molecule has 194 valence electrons. The fraction of sp³-hybridized carbons (Fsp3) is 0.0769. The SMILES string of the molecule is C=C/C=C\C=C/c1ccc2c(c1)c1cccc3c4c(c(C=C)c2c13)c(=C)c1cc(O/C(C=C)=C/CCC)ccc14. The molecule has 0 N–H and O–H groups in total. The molecule has 0 aliphatic carbocycles. The van der Waals surface area contributed by atoms with Crippen LogP contribution in [0.4, 0.5) is 0 Å². The van der Waals surface area contributed by atoms with Crippen LogP contribution >= 0.6 is 0 Å². The second-order valence-electron chi connectivity index (χ2n) is 10.1. The van der Waals surface area contributed by atoms with Gasteiger partial charge in [-0.2, -0.15) is 0 Å². The maximum Gasteiger partial charge on any atom is 0.128 e. The molecule has 0 aliphatic rings. The van der Waals surface area contributed by atoms with E-state index in [0.717, 1.165) is 40.5 Å². The van der Waals surface area contributed by atoms with Gasteiger partial charge in [0.1, 0.15) is 11.5 Å². The predicted molar refractivity (Wildman–Crippen MR) is 178 cm³/mol. The summed E-state index contributed by atoms with van der Waals surface area (Å²) in [5, 5.41) is 13.2. The Balaban J connectivity index is 1.64. The molecule has 0 aliphatic heterocycles. The maximum atomic E-state index is 6.20. The molecule has 0 unspecified atom stereocenters. The summed E-state index contributed by atoms with van der Waals surface area (Å²) in [4.78, 5) is 0.